The van der Waals surface area contributed by atoms with Crippen LogP contribution in [0.1, 0.15) is 5.89 Å². The molecule has 15 heavy (non-hydrogen) atoms. The van der Waals surface area contributed by atoms with Gasteiger partial charge in [-0.2, -0.15) is 0 Å². The summed E-state index contributed by atoms with van der Waals surface area (Å²) in [7, 11) is 1.86. The predicted molar refractivity (Wildman–Crippen MR) is 62.4 cm³/mol. The second kappa shape index (κ2) is 4.59. The van der Waals surface area contributed by atoms with Crippen LogP contribution in [0, 0.1) is 0 Å². The lowest BCUT2D eigenvalue weighted by molar-refractivity contribution is 0.491. The highest BCUT2D eigenvalue weighted by atomic mass is 79.9. The van der Waals surface area contributed by atoms with Crippen molar-refractivity contribution in [2.75, 3.05) is 7.05 Å². The van der Waals surface area contributed by atoms with E-state index in [-0.39, 0.29) is 0 Å². The Kier molecular flexibility index (Phi) is 3.18. The monoisotopic (exact) mass is 266 g/mol. The van der Waals surface area contributed by atoms with Gasteiger partial charge in [-0.3, -0.25) is 0 Å². The van der Waals surface area contributed by atoms with E-state index in [0.717, 1.165) is 15.8 Å². The molecule has 0 radical (unpaired) electrons. The molecule has 0 bridgehead atoms. The van der Waals surface area contributed by atoms with E-state index in [0.29, 0.717) is 12.4 Å². The van der Waals surface area contributed by atoms with Crippen molar-refractivity contribution in [3.63, 3.8) is 0 Å². The largest absolute Gasteiger partial charge is 0.439 e. The normalized spacial score (nSPS) is 10.5. The fourth-order valence-electron chi connectivity index (χ4n) is 1.32. The molecule has 0 amide bonds. The zero-order valence-corrected chi connectivity index (χ0v) is 9.91. The lowest BCUT2D eigenvalue weighted by atomic mass is 10.2. The van der Waals surface area contributed by atoms with E-state index in [2.05, 4.69) is 26.2 Å². The fraction of sp³-hybridized carbons (Fsp3) is 0.182. The number of nitrogens with one attached hydrogen (secondary N) is 1. The van der Waals surface area contributed by atoms with Gasteiger partial charge in [-0.1, -0.05) is 28.1 Å². The van der Waals surface area contributed by atoms with Crippen LogP contribution in [-0.2, 0) is 6.54 Å². The Labute approximate surface area is 96.6 Å². The predicted octanol–water partition coefficient (Wildman–Crippen LogP) is 2.82. The number of hydrogen-bond donors (Lipinski definition) is 1. The zero-order chi connectivity index (χ0) is 10.7. The van der Waals surface area contributed by atoms with Crippen LogP contribution >= 0.6 is 15.9 Å². The molecule has 1 aromatic carbocycles. The van der Waals surface area contributed by atoms with Crippen LogP contribution in [0.3, 0.4) is 0 Å². The van der Waals surface area contributed by atoms with Crippen LogP contribution in [0.15, 0.2) is 39.4 Å². The number of benzene rings is 1. The summed E-state index contributed by atoms with van der Waals surface area (Å²) in [6.45, 7) is 0.647. The SMILES string of the molecule is CNCc1ncc(-c2cccc(Br)c2)o1. The van der Waals surface area contributed by atoms with Gasteiger partial charge in [0.1, 0.15) is 0 Å². The molecule has 3 nitrogen and oxygen atoms in total. The van der Waals surface area contributed by atoms with Gasteiger partial charge in [0, 0.05) is 10.0 Å². The van der Waals surface area contributed by atoms with E-state index in [1.807, 2.05) is 31.3 Å². The summed E-state index contributed by atoms with van der Waals surface area (Å²) in [5, 5.41) is 2.99. The third-order valence-electron chi connectivity index (χ3n) is 1.99. The first kappa shape index (κ1) is 10.4. The van der Waals surface area contributed by atoms with Crippen LogP contribution in [0.25, 0.3) is 11.3 Å². The molecule has 2 aromatic rings. The summed E-state index contributed by atoms with van der Waals surface area (Å²) in [5.74, 6) is 1.49. The van der Waals surface area contributed by atoms with Crippen LogP contribution in [0.4, 0.5) is 0 Å². The van der Waals surface area contributed by atoms with Crippen molar-refractivity contribution < 1.29 is 4.42 Å². The summed E-state index contributed by atoms with van der Waals surface area (Å²) in [4.78, 5) is 4.17. The van der Waals surface area contributed by atoms with Gasteiger partial charge < -0.3 is 9.73 Å². The molecule has 2 rings (SSSR count). The standard InChI is InChI=1S/C11H11BrN2O/c1-13-7-11-14-6-10(15-11)8-3-2-4-9(12)5-8/h2-6,13H,7H2,1H3. The smallest absolute Gasteiger partial charge is 0.208 e. The Bertz CT molecular complexity index is 453. The molecule has 4 heteroatoms. The molecule has 0 aliphatic rings. The first-order chi connectivity index (χ1) is 7.29. The molecule has 1 aromatic heterocycles. The summed E-state index contributed by atoms with van der Waals surface area (Å²) in [6, 6.07) is 7.95. The van der Waals surface area contributed by atoms with Crippen molar-refractivity contribution in [1.29, 1.82) is 0 Å². The average Bonchev–Trinajstić information content (AvgIpc) is 2.67. The second-order valence-electron chi connectivity index (χ2n) is 3.16. The van der Waals surface area contributed by atoms with E-state index >= 15 is 0 Å². The van der Waals surface area contributed by atoms with Gasteiger partial charge in [-0.15, -0.1) is 0 Å². The molecule has 1 heterocycles. The molecule has 0 saturated heterocycles. The van der Waals surface area contributed by atoms with Crippen LogP contribution < -0.4 is 5.32 Å². The van der Waals surface area contributed by atoms with Crippen molar-refractivity contribution in [3.05, 3.63) is 40.8 Å². The summed E-state index contributed by atoms with van der Waals surface area (Å²) >= 11 is 3.42. The van der Waals surface area contributed by atoms with Crippen molar-refractivity contribution in [2.24, 2.45) is 0 Å². The minimum absolute atomic E-state index is 0.647. The lowest BCUT2D eigenvalue weighted by Gasteiger charge is -1.96. The van der Waals surface area contributed by atoms with E-state index < -0.39 is 0 Å². The van der Waals surface area contributed by atoms with E-state index in [1.165, 1.54) is 0 Å². The molecule has 0 unspecified atom stereocenters. The van der Waals surface area contributed by atoms with Gasteiger partial charge >= 0.3 is 0 Å². The van der Waals surface area contributed by atoms with E-state index in [9.17, 15) is 0 Å². The molecule has 0 fully saturated rings. The Balaban J connectivity index is 2.29. The first-order valence-electron chi connectivity index (χ1n) is 4.65. The zero-order valence-electron chi connectivity index (χ0n) is 8.33. The Morgan fingerprint density at radius 1 is 1.47 bits per heavy atom. The van der Waals surface area contributed by atoms with Gasteiger partial charge in [0.05, 0.1) is 12.7 Å². The molecule has 78 valence electrons. The van der Waals surface area contributed by atoms with Gasteiger partial charge in [-0.05, 0) is 19.2 Å². The fourth-order valence-corrected chi connectivity index (χ4v) is 1.72. The number of hydrogen-bond acceptors (Lipinski definition) is 3. The minimum atomic E-state index is 0.647. The van der Waals surface area contributed by atoms with Gasteiger partial charge in [0.2, 0.25) is 5.89 Å². The summed E-state index contributed by atoms with van der Waals surface area (Å²) in [6.07, 6.45) is 1.74. The van der Waals surface area contributed by atoms with E-state index in [4.69, 9.17) is 4.42 Å². The van der Waals surface area contributed by atoms with Crippen LogP contribution in [0.5, 0.6) is 0 Å². The highest BCUT2D eigenvalue weighted by molar-refractivity contribution is 9.10. The number of aromatic nitrogens is 1. The minimum Gasteiger partial charge on any atom is -0.439 e. The van der Waals surface area contributed by atoms with Crippen molar-refractivity contribution in [1.82, 2.24) is 10.3 Å². The third kappa shape index (κ3) is 2.46. The second-order valence-corrected chi connectivity index (χ2v) is 4.07. The van der Waals surface area contributed by atoms with Crippen molar-refractivity contribution >= 4 is 15.9 Å². The highest BCUT2D eigenvalue weighted by Gasteiger charge is 2.05. The number of halogens is 1. The topological polar surface area (TPSA) is 38.1 Å². The molecule has 0 aliphatic carbocycles. The number of oxazole rings is 1. The van der Waals surface area contributed by atoms with Crippen LogP contribution in [0.2, 0.25) is 0 Å². The lowest BCUT2D eigenvalue weighted by Crippen LogP contribution is -2.04. The molecule has 0 saturated carbocycles. The Morgan fingerprint density at radius 2 is 2.33 bits per heavy atom. The Hall–Kier alpha value is -1.13. The summed E-state index contributed by atoms with van der Waals surface area (Å²) < 4.78 is 6.60. The third-order valence-corrected chi connectivity index (χ3v) is 2.48. The molecular weight excluding hydrogens is 256 g/mol. The highest BCUT2D eigenvalue weighted by Crippen LogP contribution is 2.23. The van der Waals surface area contributed by atoms with Gasteiger partial charge in [0.15, 0.2) is 5.76 Å². The maximum atomic E-state index is 5.57. The maximum absolute atomic E-state index is 5.57. The average molecular weight is 267 g/mol. The molecule has 0 aliphatic heterocycles. The van der Waals surface area contributed by atoms with E-state index in [1.54, 1.807) is 6.20 Å². The molecule has 1 N–H and O–H groups in total. The maximum Gasteiger partial charge on any atom is 0.208 e. The van der Waals surface area contributed by atoms with Gasteiger partial charge in [0.25, 0.3) is 0 Å². The Morgan fingerprint density at radius 3 is 3.07 bits per heavy atom. The van der Waals surface area contributed by atoms with Crippen molar-refractivity contribution in [3.8, 4) is 11.3 Å². The van der Waals surface area contributed by atoms with Crippen LogP contribution in [-0.4, -0.2) is 12.0 Å². The molecule has 0 spiro atoms. The molecular formula is C11H11BrN2O. The summed E-state index contributed by atoms with van der Waals surface area (Å²) in [5.41, 5.74) is 1.03. The van der Waals surface area contributed by atoms with Crippen molar-refractivity contribution in [2.45, 2.75) is 6.54 Å². The number of rotatable bonds is 3. The number of nitrogens with zero attached hydrogens (tertiary/aromatic N) is 1. The first-order valence-corrected chi connectivity index (χ1v) is 5.44. The molecule has 0 atom stereocenters. The van der Waals surface area contributed by atoms with Gasteiger partial charge in [-0.25, -0.2) is 4.98 Å². The quantitative estimate of drug-likeness (QED) is 0.929.